The van der Waals surface area contributed by atoms with Crippen LogP contribution in [0.4, 0.5) is 0 Å². The van der Waals surface area contributed by atoms with E-state index in [2.05, 4.69) is 9.85 Å². The van der Waals surface area contributed by atoms with Crippen LogP contribution in [0, 0.1) is 5.53 Å². The lowest BCUT2D eigenvalue weighted by Gasteiger charge is -1.96. The third-order valence-corrected chi connectivity index (χ3v) is 0.632. The Balaban J connectivity index is 4.07. The van der Waals surface area contributed by atoms with Gasteiger partial charge in [-0.05, 0) is 6.92 Å². The monoisotopic (exact) mass is 115 g/mol. The van der Waals surface area contributed by atoms with Crippen molar-refractivity contribution in [3.8, 4) is 0 Å². The van der Waals surface area contributed by atoms with Gasteiger partial charge in [0.2, 0.25) is 0 Å². The van der Waals surface area contributed by atoms with Crippen molar-refractivity contribution in [1.82, 2.24) is 0 Å². The number of hydrogen-bond donors (Lipinski definition) is 2. The Bertz CT molecular complexity index is 114. The Morgan fingerprint density at radius 3 is 2.25 bits per heavy atom. The third kappa shape index (κ3) is 1.59. The van der Waals surface area contributed by atoms with Crippen molar-refractivity contribution in [1.29, 1.82) is 5.53 Å². The Morgan fingerprint density at radius 2 is 2.25 bits per heavy atom. The van der Waals surface area contributed by atoms with E-state index in [-0.39, 0.29) is 5.88 Å². The zero-order valence-corrected chi connectivity index (χ0v) is 4.93. The molecule has 0 rings (SSSR count). The number of allylic oxidation sites excluding steroid dienone is 1. The average Bonchev–Trinajstić information content (AvgIpc) is 1.69. The van der Waals surface area contributed by atoms with E-state index in [0.29, 0.717) is 5.70 Å². The predicted molar refractivity (Wildman–Crippen MR) is 29.0 cm³/mol. The molecule has 0 fully saturated rings. The number of methoxy groups -OCH3 is 1. The van der Waals surface area contributed by atoms with Gasteiger partial charge in [-0.2, -0.15) is 0 Å². The summed E-state index contributed by atoms with van der Waals surface area (Å²) < 4.78 is 4.56. The van der Waals surface area contributed by atoms with Gasteiger partial charge in [-0.3, -0.25) is 0 Å². The molecule has 0 amide bonds. The zero-order valence-electron chi connectivity index (χ0n) is 4.93. The van der Waals surface area contributed by atoms with Gasteiger partial charge in [0.15, 0.2) is 0 Å². The molecule has 0 saturated heterocycles. The van der Waals surface area contributed by atoms with Gasteiger partial charge in [0.05, 0.1) is 12.8 Å². The first-order valence-corrected chi connectivity index (χ1v) is 2.10. The molecule has 0 aliphatic heterocycles. The third-order valence-electron chi connectivity index (χ3n) is 0.632. The fourth-order valence-corrected chi connectivity index (χ4v) is 0.295. The highest BCUT2D eigenvalue weighted by molar-refractivity contribution is 4.97. The van der Waals surface area contributed by atoms with E-state index in [0.717, 1.165) is 0 Å². The van der Waals surface area contributed by atoms with Gasteiger partial charge in [-0.15, -0.1) is 5.11 Å². The summed E-state index contributed by atoms with van der Waals surface area (Å²) in [6, 6.07) is 0. The largest absolute Gasteiger partial charge is 0.479 e. The maximum atomic E-state index is 6.45. The summed E-state index contributed by atoms with van der Waals surface area (Å²) in [5.41, 5.74) is 12.1. The number of nitrogens with two attached hydrogens (primary N) is 1. The summed E-state index contributed by atoms with van der Waals surface area (Å²) >= 11 is 0. The van der Waals surface area contributed by atoms with Crippen molar-refractivity contribution in [3.63, 3.8) is 0 Å². The molecule has 4 heteroatoms. The number of nitrogens with one attached hydrogen (secondary N) is 1. The minimum atomic E-state index is 0.171. The molecule has 4 nitrogen and oxygen atoms in total. The highest BCUT2D eigenvalue weighted by atomic mass is 16.5. The molecule has 0 aliphatic rings. The van der Waals surface area contributed by atoms with Crippen LogP contribution in [0.15, 0.2) is 16.7 Å². The van der Waals surface area contributed by atoms with Gasteiger partial charge in [-0.1, -0.05) is 0 Å². The van der Waals surface area contributed by atoms with E-state index in [4.69, 9.17) is 11.3 Å². The van der Waals surface area contributed by atoms with Gasteiger partial charge in [0.1, 0.15) is 0 Å². The Hall–Kier alpha value is -1.06. The molecular formula is C4H9N3O. The lowest BCUT2D eigenvalue weighted by atomic mass is 10.5. The molecule has 0 aromatic rings. The lowest BCUT2D eigenvalue weighted by Crippen LogP contribution is -1.97. The quantitative estimate of drug-likeness (QED) is 0.413. The second kappa shape index (κ2) is 3.01. The number of rotatable bonds is 2. The molecule has 0 bridgehead atoms. The SMILES string of the molecule is CO/C(N=N)=C(\C)N. The topological polar surface area (TPSA) is 71.5 Å². The molecule has 3 N–H and O–H groups in total. The van der Waals surface area contributed by atoms with Crippen molar-refractivity contribution in [2.75, 3.05) is 7.11 Å². The van der Waals surface area contributed by atoms with E-state index < -0.39 is 0 Å². The van der Waals surface area contributed by atoms with Crippen LogP contribution in [-0.4, -0.2) is 7.11 Å². The second-order valence-electron chi connectivity index (χ2n) is 1.30. The van der Waals surface area contributed by atoms with Crippen molar-refractivity contribution in [2.45, 2.75) is 6.92 Å². The van der Waals surface area contributed by atoms with Crippen LogP contribution in [0.1, 0.15) is 6.92 Å². The van der Waals surface area contributed by atoms with Crippen LogP contribution >= 0.6 is 0 Å². The van der Waals surface area contributed by atoms with E-state index in [1.54, 1.807) is 6.92 Å². The van der Waals surface area contributed by atoms with Crippen molar-refractivity contribution < 1.29 is 4.74 Å². The number of ether oxygens (including phenoxy) is 1. The smallest absolute Gasteiger partial charge is 0.251 e. The van der Waals surface area contributed by atoms with Crippen LogP contribution in [-0.2, 0) is 4.74 Å². The van der Waals surface area contributed by atoms with Gasteiger partial charge in [-0.25, -0.2) is 5.53 Å². The molecule has 0 aliphatic carbocycles. The Labute approximate surface area is 47.8 Å². The van der Waals surface area contributed by atoms with Crippen LogP contribution in [0.5, 0.6) is 0 Å². The highest BCUT2D eigenvalue weighted by Crippen LogP contribution is 1.98. The number of hydrogen-bond acceptors (Lipinski definition) is 4. The van der Waals surface area contributed by atoms with E-state index in [9.17, 15) is 0 Å². The fraction of sp³-hybridized carbons (Fsp3) is 0.500. The molecule has 0 heterocycles. The maximum Gasteiger partial charge on any atom is 0.251 e. The minimum Gasteiger partial charge on any atom is -0.479 e. The zero-order chi connectivity index (χ0) is 6.57. The summed E-state index contributed by atoms with van der Waals surface area (Å²) in [6.07, 6.45) is 0. The van der Waals surface area contributed by atoms with Crippen molar-refractivity contribution in [2.24, 2.45) is 10.8 Å². The summed E-state index contributed by atoms with van der Waals surface area (Å²) in [4.78, 5) is 0. The number of nitrogens with zero attached hydrogens (tertiary/aromatic N) is 1. The normalized spacial score (nSPS) is 12.2. The first-order valence-electron chi connectivity index (χ1n) is 2.10. The molecule has 0 atom stereocenters. The van der Waals surface area contributed by atoms with Gasteiger partial charge < -0.3 is 10.5 Å². The summed E-state index contributed by atoms with van der Waals surface area (Å²) in [5.74, 6) is 0.171. The fourth-order valence-electron chi connectivity index (χ4n) is 0.295. The molecule has 8 heavy (non-hydrogen) atoms. The lowest BCUT2D eigenvalue weighted by molar-refractivity contribution is 0.276. The van der Waals surface area contributed by atoms with E-state index in [1.807, 2.05) is 0 Å². The van der Waals surface area contributed by atoms with Crippen molar-refractivity contribution in [3.05, 3.63) is 11.6 Å². The highest BCUT2D eigenvalue weighted by Gasteiger charge is 1.91. The molecule has 0 unspecified atom stereocenters. The van der Waals surface area contributed by atoms with E-state index in [1.165, 1.54) is 7.11 Å². The minimum absolute atomic E-state index is 0.171. The molecular weight excluding hydrogens is 106 g/mol. The second-order valence-corrected chi connectivity index (χ2v) is 1.30. The molecule has 0 saturated carbocycles. The predicted octanol–water partition coefficient (Wildman–Crippen LogP) is 0.811. The van der Waals surface area contributed by atoms with Gasteiger partial charge in [0.25, 0.3) is 5.88 Å². The molecule has 0 aromatic carbocycles. The molecule has 0 spiro atoms. The Morgan fingerprint density at radius 1 is 1.75 bits per heavy atom. The average molecular weight is 115 g/mol. The first-order chi connectivity index (χ1) is 3.72. The molecule has 46 valence electrons. The maximum absolute atomic E-state index is 6.45. The van der Waals surface area contributed by atoms with Crippen LogP contribution in [0.25, 0.3) is 0 Å². The molecule has 0 radical (unpaired) electrons. The van der Waals surface area contributed by atoms with Crippen LogP contribution < -0.4 is 5.73 Å². The standard InChI is InChI=1S/C4H9N3O/c1-3(5)4(7-6)8-2/h6H,5H2,1-2H3/b4-3+,7-6?. The van der Waals surface area contributed by atoms with E-state index >= 15 is 0 Å². The van der Waals surface area contributed by atoms with Gasteiger partial charge >= 0.3 is 0 Å². The summed E-state index contributed by atoms with van der Waals surface area (Å²) in [6.45, 7) is 1.62. The Kier molecular flexibility index (Phi) is 2.61. The van der Waals surface area contributed by atoms with Gasteiger partial charge in [0, 0.05) is 0 Å². The van der Waals surface area contributed by atoms with Crippen molar-refractivity contribution >= 4 is 0 Å². The van der Waals surface area contributed by atoms with Crippen LogP contribution in [0.3, 0.4) is 0 Å². The summed E-state index contributed by atoms with van der Waals surface area (Å²) in [5, 5.41) is 2.99. The van der Waals surface area contributed by atoms with Crippen LogP contribution in [0.2, 0.25) is 0 Å². The first kappa shape index (κ1) is 6.94. The molecule has 0 aromatic heterocycles. The summed E-state index contributed by atoms with van der Waals surface area (Å²) in [7, 11) is 1.42.